The molecular weight excluding hydrogens is 225 g/mol. The van der Waals surface area contributed by atoms with E-state index in [9.17, 15) is 8.78 Å². The summed E-state index contributed by atoms with van der Waals surface area (Å²) in [5.74, 6) is -1.18. The van der Waals surface area contributed by atoms with E-state index in [1.807, 2.05) is 0 Å². The standard InChI is InChI=1S/C12H13BF2O2/c14-8-5-6-9(10(15)7-8)13-16-11-3-1-2-4-12(11)17-13/h5-7,11-12H,1-4H2/t11-,12?/m1/s1. The van der Waals surface area contributed by atoms with Crippen molar-refractivity contribution in [2.45, 2.75) is 37.9 Å². The monoisotopic (exact) mass is 238 g/mol. The lowest BCUT2D eigenvalue weighted by atomic mass is 9.79. The van der Waals surface area contributed by atoms with Gasteiger partial charge in [-0.3, -0.25) is 0 Å². The fraction of sp³-hybridized carbons (Fsp3) is 0.500. The molecule has 3 rings (SSSR count). The van der Waals surface area contributed by atoms with Crippen LogP contribution >= 0.6 is 0 Å². The van der Waals surface area contributed by atoms with Gasteiger partial charge in [0, 0.05) is 11.5 Å². The molecule has 0 amide bonds. The van der Waals surface area contributed by atoms with E-state index >= 15 is 0 Å². The van der Waals surface area contributed by atoms with Crippen LogP contribution in [0.5, 0.6) is 0 Å². The topological polar surface area (TPSA) is 18.5 Å². The van der Waals surface area contributed by atoms with Crippen LogP contribution in [0.1, 0.15) is 25.7 Å². The Bertz CT molecular complexity index is 413. The third-order valence-corrected chi connectivity index (χ3v) is 3.46. The van der Waals surface area contributed by atoms with E-state index in [1.165, 1.54) is 12.1 Å². The molecule has 5 heteroatoms. The van der Waals surface area contributed by atoms with Crippen molar-refractivity contribution >= 4 is 12.6 Å². The van der Waals surface area contributed by atoms with Crippen molar-refractivity contribution in [1.82, 2.24) is 0 Å². The molecule has 0 radical (unpaired) electrons. The highest BCUT2D eigenvalue weighted by Crippen LogP contribution is 2.30. The molecule has 90 valence electrons. The average molecular weight is 238 g/mol. The minimum Gasteiger partial charge on any atom is -0.402 e. The Morgan fingerprint density at radius 2 is 1.71 bits per heavy atom. The number of hydrogen-bond donors (Lipinski definition) is 0. The molecule has 0 N–H and O–H groups in total. The molecule has 1 saturated carbocycles. The van der Waals surface area contributed by atoms with Gasteiger partial charge in [0.25, 0.3) is 0 Å². The molecule has 0 bridgehead atoms. The first-order chi connectivity index (χ1) is 8.24. The molecular formula is C12H13BF2O2. The van der Waals surface area contributed by atoms with E-state index < -0.39 is 18.8 Å². The maximum atomic E-state index is 13.6. The van der Waals surface area contributed by atoms with Crippen LogP contribution in [0.25, 0.3) is 0 Å². The first-order valence-corrected chi connectivity index (χ1v) is 6.00. The van der Waals surface area contributed by atoms with Crippen LogP contribution in [0.4, 0.5) is 8.78 Å². The summed E-state index contributed by atoms with van der Waals surface area (Å²) in [5, 5.41) is 0. The Morgan fingerprint density at radius 3 is 2.29 bits per heavy atom. The summed E-state index contributed by atoms with van der Waals surface area (Å²) in [6.45, 7) is 0. The van der Waals surface area contributed by atoms with Crippen molar-refractivity contribution in [2.75, 3.05) is 0 Å². The Labute approximate surface area is 99.1 Å². The number of halogens is 2. The van der Waals surface area contributed by atoms with E-state index in [-0.39, 0.29) is 12.2 Å². The Hall–Kier alpha value is -0.935. The minimum absolute atomic E-state index is 0.0678. The summed E-state index contributed by atoms with van der Waals surface area (Å²) in [7, 11) is -0.677. The van der Waals surface area contributed by atoms with Crippen LogP contribution < -0.4 is 5.46 Å². The van der Waals surface area contributed by atoms with Crippen molar-refractivity contribution < 1.29 is 18.1 Å². The highest BCUT2D eigenvalue weighted by molar-refractivity contribution is 6.62. The molecule has 2 aliphatic rings. The number of fused-ring (bicyclic) bond motifs is 1. The second kappa shape index (κ2) is 4.39. The van der Waals surface area contributed by atoms with Gasteiger partial charge >= 0.3 is 7.12 Å². The van der Waals surface area contributed by atoms with Crippen LogP contribution in [-0.4, -0.2) is 19.3 Å². The SMILES string of the molecule is Fc1ccc(B2OC3CCCC[C@H]3O2)c(F)c1. The summed E-state index contributed by atoms with van der Waals surface area (Å²) in [5.41, 5.74) is 0.292. The van der Waals surface area contributed by atoms with Crippen LogP contribution in [0.15, 0.2) is 18.2 Å². The van der Waals surface area contributed by atoms with Crippen LogP contribution in [-0.2, 0) is 9.31 Å². The van der Waals surface area contributed by atoms with Crippen molar-refractivity contribution in [2.24, 2.45) is 0 Å². The Morgan fingerprint density at radius 1 is 1.06 bits per heavy atom. The lowest BCUT2D eigenvalue weighted by Gasteiger charge is -2.22. The van der Waals surface area contributed by atoms with Crippen LogP contribution in [0.2, 0.25) is 0 Å². The van der Waals surface area contributed by atoms with Gasteiger partial charge in [-0.2, -0.15) is 0 Å². The van der Waals surface area contributed by atoms with Gasteiger partial charge in [-0.15, -0.1) is 0 Å². The first-order valence-electron chi connectivity index (χ1n) is 6.00. The molecule has 1 aromatic rings. The zero-order valence-corrected chi connectivity index (χ0v) is 9.36. The molecule has 1 unspecified atom stereocenters. The summed E-state index contributed by atoms with van der Waals surface area (Å²) in [4.78, 5) is 0. The van der Waals surface area contributed by atoms with E-state index in [2.05, 4.69) is 0 Å². The van der Waals surface area contributed by atoms with Crippen molar-refractivity contribution in [3.63, 3.8) is 0 Å². The van der Waals surface area contributed by atoms with Crippen LogP contribution in [0.3, 0.4) is 0 Å². The van der Waals surface area contributed by atoms with Gasteiger partial charge in [-0.25, -0.2) is 8.78 Å². The van der Waals surface area contributed by atoms with Gasteiger partial charge in [0.2, 0.25) is 0 Å². The molecule has 2 atom stereocenters. The van der Waals surface area contributed by atoms with Crippen molar-refractivity contribution in [1.29, 1.82) is 0 Å². The van der Waals surface area contributed by atoms with Gasteiger partial charge in [-0.1, -0.05) is 18.9 Å². The smallest absolute Gasteiger partial charge is 0.402 e. The summed E-state index contributed by atoms with van der Waals surface area (Å²) in [6, 6.07) is 3.49. The molecule has 1 aliphatic heterocycles. The van der Waals surface area contributed by atoms with E-state index in [1.54, 1.807) is 0 Å². The summed E-state index contributed by atoms with van der Waals surface area (Å²) in [6.07, 6.45) is 4.32. The third-order valence-electron chi connectivity index (χ3n) is 3.46. The second-order valence-electron chi connectivity index (χ2n) is 4.63. The molecule has 1 heterocycles. The number of benzene rings is 1. The molecule has 0 aromatic heterocycles. The third kappa shape index (κ3) is 2.09. The maximum absolute atomic E-state index is 13.6. The average Bonchev–Trinajstić information content (AvgIpc) is 2.72. The van der Waals surface area contributed by atoms with Crippen LogP contribution in [0, 0.1) is 11.6 Å². The first kappa shape index (κ1) is 11.2. The van der Waals surface area contributed by atoms with Gasteiger partial charge in [-0.05, 0) is 18.9 Å². The van der Waals surface area contributed by atoms with Crippen molar-refractivity contribution in [3.05, 3.63) is 29.8 Å². The number of rotatable bonds is 1. The molecule has 2 fully saturated rings. The second-order valence-corrected chi connectivity index (χ2v) is 4.63. The molecule has 17 heavy (non-hydrogen) atoms. The van der Waals surface area contributed by atoms with E-state index in [4.69, 9.17) is 9.31 Å². The zero-order chi connectivity index (χ0) is 11.8. The Balaban J connectivity index is 1.81. The molecule has 1 aromatic carbocycles. The highest BCUT2D eigenvalue weighted by Gasteiger charge is 2.42. The molecule has 2 nitrogen and oxygen atoms in total. The highest BCUT2D eigenvalue weighted by atomic mass is 19.1. The lowest BCUT2D eigenvalue weighted by Crippen LogP contribution is -2.35. The molecule has 0 spiro atoms. The van der Waals surface area contributed by atoms with Gasteiger partial charge in [0.05, 0.1) is 12.2 Å². The summed E-state index contributed by atoms with van der Waals surface area (Å²) >= 11 is 0. The van der Waals surface area contributed by atoms with Gasteiger partial charge in [0.15, 0.2) is 0 Å². The fourth-order valence-corrected chi connectivity index (χ4v) is 2.56. The normalized spacial score (nSPS) is 28.2. The van der Waals surface area contributed by atoms with Gasteiger partial charge < -0.3 is 9.31 Å². The minimum atomic E-state index is -0.677. The lowest BCUT2D eigenvalue weighted by molar-refractivity contribution is 0.110. The molecule has 1 aliphatic carbocycles. The maximum Gasteiger partial charge on any atom is 0.497 e. The van der Waals surface area contributed by atoms with E-state index in [0.29, 0.717) is 5.46 Å². The quantitative estimate of drug-likeness (QED) is 0.697. The zero-order valence-electron chi connectivity index (χ0n) is 9.36. The Kier molecular flexibility index (Phi) is 2.88. The fourth-order valence-electron chi connectivity index (χ4n) is 2.56. The largest absolute Gasteiger partial charge is 0.497 e. The number of hydrogen-bond acceptors (Lipinski definition) is 2. The van der Waals surface area contributed by atoms with Crippen molar-refractivity contribution in [3.8, 4) is 0 Å². The van der Waals surface area contributed by atoms with Gasteiger partial charge in [0.1, 0.15) is 11.6 Å². The summed E-state index contributed by atoms with van der Waals surface area (Å²) < 4.78 is 37.8. The predicted octanol–water partition coefficient (Wildman–Crippen LogP) is 2.02. The van der Waals surface area contributed by atoms with E-state index in [0.717, 1.165) is 31.7 Å². The predicted molar refractivity (Wildman–Crippen MR) is 60.0 cm³/mol. The molecule has 1 saturated heterocycles.